The van der Waals surface area contributed by atoms with Crippen LogP contribution in [0.15, 0.2) is 48.5 Å². The zero-order valence-electron chi connectivity index (χ0n) is 11.1. The Morgan fingerprint density at radius 3 is 2.32 bits per heavy atom. The Morgan fingerprint density at radius 1 is 1.05 bits per heavy atom. The molecular formula is C17H18ClN. The second-order valence-corrected chi connectivity index (χ2v) is 5.93. The largest absolute Gasteiger partial charge is 0.315 e. The minimum atomic E-state index is 0.207. The molecule has 2 aromatic rings. The van der Waals surface area contributed by atoms with Crippen molar-refractivity contribution < 1.29 is 0 Å². The van der Waals surface area contributed by atoms with E-state index in [1.807, 2.05) is 12.1 Å². The van der Waals surface area contributed by atoms with Crippen molar-refractivity contribution in [3.8, 4) is 0 Å². The quantitative estimate of drug-likeness (QED) is 0.897. The third-order valence-corrected chi connectivity index (χ3v) is 4.45. The van der Waals surface area contributed by atoms with Crippen LogP contribution in [-0.2, 0) is 11.8 Å². The van der Waals surface area contributed by atoms with Gasteiger partial charge in [-0.2, -0.15) is 0 Å². The topological polar surface area (TPSA) is 12.0 Å². The molecule has 0 unspecified atom stereocenters. The summed E-state index contributed by atoms with van der Waals surface area (Å²) in [6.07, 6.45) is 1.00. The highest BCUT2D eigenvalue weighted by Gasteiger charge is 2.38. The second-order valence-electron chi connectivity index (χ2n) is 5.52. The van der Waals surface area contributed by atoms with E-state index in [1.54, 1.807) is 0 Å². The molecule has 3 rings (SSSR count). The van der Waals surface area contributed by atoms with E-state index in [2.05, 4.69) is 48.6 Å². The fraction of sp³-hybridized carbons (Fsp3) is 0.294. The first-order chi connectivity index (χ1) is 9.20. The Balaban J connectivity index is 1.92. The molecule has 0 atom stereocenters. The predicted octanol–water partition coefficient (Wildman–Crippen LogP) is 3.73. The molecule has 2 aromatic carbocycles. The standard InChI is InChI=1S/C17H18ClN/c1-13-6-8-15(9-7-13)17(11-19-12-17)10-14-4-2-3-5-16(14)18/h2-9,19H,10-12H2,1H3. The maximum absolute atomic E-state index is 6.30. The summed E-state index contributed by atoms with van der Waals surface area (Å²) in [4.78, 5) is 0. The van der Waals surface area contributed by atoms with E-state index < -0.39 is 0 Å². The number of hydrogen-bond acceptors (Lipinski definition) is 1. The molecule has 2 heteroatoms. The van der Waals surface area contributed by atoms with Crippen molar-refractivity contribution in [3.63, 3.8) is 0 Å². The van der Waals surface area contributed by atoms with Crippen molar-refractivity contribution in [3.05, 3.63) is 70.2 Å². The summed E-state index contributed by atoms with van der Waals surface area (Å²) < 4.78 is 0. The Labute approximate surface area is 119 Å². The zero-order valence-corrected chi connectivity index (χ0v) is 11.9. The lowest BCUT2D eigenvalue weighted by Gasteiger charge is -2.43. The van der Waals surface area contributed by atoms with E-state index in [0.717, 1.165) is 24.5 Å². The van der Waals surface area contributed by atoms with Gasteiger partial charge in [0.2, 0.25) is 0 Å². The van der Waals surface area contributed by atoms with Gasteiger partial charge in [-0.25, -0.2) is 0 Å². The van der Waals surface area contributed by atoms with Crippen LogP contribution in [-0.4, -0.2) is 13.1 Å². The maximum atomic E-state index is 6.30. The van der Waals surface area contributed by atoms with Gasteiger partial charge in [-0.1, -0.05) is 59.6 Å². The van der Waals surface area contributed by atoms with Crippen LogP contribution >= 0.6 is 11.6 Å². The molecule has 0 saturated carbocycles. The van der Waals surface area contributed by atoms with Crippen molar-refractivity contribution in [2.45, 2.75) is 18.8 Å². The highest BCUT2D eigenvalue weighted by atomic mass is 35.5. The lowest BCUT2D eigenvalue weighted by molar-refractivity contribution is 0.275. The predicted molar refractivity (Wildman–Crippen MR) is 80.9 cm³/mol. The van der Waals surface area contributed by atoms with Gasteiger partial charge >= 0.3 is 0 Å². The second kappa shape index (κ2) is 4.99. The number of hydrogen-bond donors (Lipinski definition) is 1. The van der Waals surface area contributed by atoms with Crippen molar-refractivity contribution >= 4 is 11.6 Å². The first-order valence-corrected chi connectivity index (χ1v) is 7.09. The number of halogens is 1. The normalized spacial score (nSPS) is 16.9. The van der Waals surface area contributed by atoms with Gasteiger partial charge in [0, 0.05) is 23.5 Å². The van der Waals surface area contributed by atoms with Crippen molar-refractivity contribution in [1.82, 2.24) is 5.32 Å². The van der Waals surface area contributed by atoms with E-state index in [-0.39, 0.29) is 5.41 Å². The molecule has 1 nitrogen and oxygen atoms in total. The molecule has 0 aliphatic carbocycles. The molecule has 0 radical (unpaired) electrons. The summed E-state index contributed by atoms with van der Waals surface area (Å²) in [5, 5.41) is 4.29. The van der Waals surface area contributed by atoms with Crippen LogP contribution in [0.25, 0.3) is 0 Å². The van der Waals surface area contributed by atoms with Crippen LogP contribution in [0.5, 0.6) is 0 Å². The molecule has 1 aliphatic heterocycles. The Bertz CT molecular complexity index is 570. The van der Waals surface area contributed by atoms with E-state index in [4.69, 9.17) is 11.6 Å². The fourth-order valence-corrected chi connectivity index (χ4v) is 2.97. The molecule has 0 spiro atoms. The molecule has 1 fully saturated rings. The molecule has 0 amide bonds. The average molecular weight is 272 g/mol. The van der Waals surface area contributed by atoms with Gasteiger partial charge in [0.1, 0.15) is 0 Å². The van der Waals surface area contributed by atoms with Crippen LogP contribution in [0, 0.1) is 6.92 Å². The van der Waals surface area contributed by atoms with Gasteiger partial charge in [-0.15, -0.1) is 0 Å². The third-order valence-electron chi connectivity index (χ3n) is 4.08. The molecular weight excluding hydrogens is 254 g/mol. The van der Waals surface area contributed by atoms with Gasteiger partial charge in [0.25, 0.3) is 0 Å². The number of nitrogens with one attached hydrogen (secondary N) is 1. The maximum Gasteiger partial charge on any atom is 0.0438 e. The van der Waals surface area contributed by atoms with Crippen LogP contribution < -0.4 is 5.32 Å². The van der Waals surface area contributed by atoms with Gasteiger partial charge in [-0.05, 0) is 30.5 Å². The van der Waals surface area contributed by atoms with Crippen molar-refractivity contribution in [1.29, 1.82) is 0 Å². The SMILES string of the molecule is Cc1ccc(C2(Cc3ccccc3Cl)CNC2)cc1. The minimum absolute atomic E-state index is 0.207. The van der Waals surface area contributed by atoms with Crippen LogP contribution in [0.4, 0.5) is 0 Å². The van der Waals surface area contributed by atoms with Crippen LogP contribution in [0.3, 0.4) is 0 Å². The molecule has 0 aromatic heterocycles. The number of rotatable bonds is 3. The van der Waals surface area contributed by atoms with Gasteiger partial charge in [0.15, 0.2) is 0 Å². The first-order valence-electron chi connectivity index (χ1n) is 6.71. The lowest BCUT2D eigenvalue weighted by Crippen LogP contribution is -2.58. The summed E-state index contributed by atoms with van der Waals surface area (Å²) in [6.45, 7) is 4.19. The highest BCUT2D eigenvalue weighted by molar-refractivity contribution is 6.31. The Hall–Kier alpha value is -1.31. The monoisotopic (exact) mass is 271 g/mol. The highest BCUT2D eigenvalue weighted by Crippen LogP contribution is 2.34. The van der Waals surface area contributed by atoms with E-state index in [1.165, 1.54) is 16.7 Å². The fourth-order valence-electron chi connectivity index (χ4n) is 2.77. The summed E-state index contributed by atoms with van der Waals surface area (Å²) in [7, 11) is 0. The Morgan fingerprint density at radius 2 is 1.74 bits per heavy atom. The van der Waals surface area contributed by atoms with Crippen LogP contribution in [0.1, 0.15) is 16.7 Å². The molecule has 1 heterocycles. The summed E-state index contributed by atoms with van der Waals surface area (Å²) in [5.74, 6) is 0. The third kappa shape index (κ3) is 2.41. The van der Waals surface area contributed by atoms with E-state index in [9.17, 15) is 0 Å². The minimum Gasteiger partial charge on any atom is -0.315 e. The first kappa shape index (κ1) is 12.7. The molecule has 19 heavy (non-hydrogen) atoms. The molecule has 98 valence electrons. The number of aryl methyl sites for hydroxylation is 1. The zero-order chi connectivity index (χ0) is 13.3. The summed E-state index contributed by atoms with van der Waals surface area (Å²) in [5.41, 5.74) is 4.17. The molecule has 0 bridgehead atoms. The smallest absolute Gasteiger partial charge is 0.0438 e. The molecule has 1 N–H and O–H groups in total. The van der Waals surface area contributed by atoms with Gasteiger partial charge < -0.3 is 5.32 Å². The van der Waals surface area contributed by atoms with E-state index in [0.29, 0.717) is 0 Å². The lowest BCUT2D eigenvalue weighted by atomic mass is 9.71. The Kier molecular flexibility index (Phi) is 3.34. The molecule has 1 saturated heterocycles. The van der Waals surface area contributed by atoms with Crippen molar-refractivity contribution in [2.24, 2.45) is 0 Å². The van der Waals surface area contributed by atoms with Crippen LogP contribution in [0.2, 0.25) is 5.02 Å². The van der Waals surface area contributed by atoms with Gasteiger partial charge in [0.05, 0.1) is 0 Å². The average Bonchev–Trinajstić information content (AvgIpc) is 2.37. The van der Waals surface area contributed by atoms with Gasteiger partial charge in [-0.3, -0.25) is 0 Å². The van der Waals surface area contributed by atoms with E-state index >= 15 is 0 Å². The number of benzene rings is 2. The molecule has 1 aliphatic rings. The summed E-state index contributed by atoms with van der Waals surface area (Å²) in [6, 6.07) is 17.1. The van der Waals surface area contributed by atoms with Crippen molar-refractivity contribution in [2.75, 3.05) is 13.1 Å². The summed E-state index contributed by atoms with van der Waals surface area (Å²) >= 11 is 6.30.